The number of benzene rings is 1. The number of hydrogen-bond acceptors (Lipinski definition) is 5. The average Bonchev–Trinajstić information content (AvgIpc) is 2.48. The maximum absolute atomic E-state index is 8.92. The van der Waals surface area contributed by atoms with Crippen LogP contribution in [-0.2, 0) is 0 Å². The lowest BCUT2D eigenvalue weighted by atomic mass is 10.2. The van der Waals surface area contributed by atoms with E-state index in [1.807, 2.05) is 24.3 Å². The number of thioether (sulfide) groups is 1. The van der Waals surface area contributed by atoms with Crippen LogP contribution in [0.2, 0.25) is 0 Å². The number of rotatable bonds is 6. The molecule has 0 spiro atoms. The molecular weight excluding hydrogens is 258 g/mol. The molecule has 0 aliphatic heterocycles. The molecule has 0 aliphatic carbocycles. The first-order chi connectivity index (χ1) is 9.40. The molecule has 0 radical (unpaired) electrons. The molecule has 0 saturated heterocycles. The highest BCUT2D eigenvalue weighted by Crippen LogP contribution is 2.18. The molecule has 1 aromatic carbocycles. The van der Waals surface area contributed by atoms with E-state index < -0.39 is 0 Å². The molecule has 0 amide bonds. The summed E-state index contributed by atoms with van der Waals surface area (Å²) in [5.41, 5.74) is 0.575. The molecule has 0 bridgehead atoms. The van der Waals surface area contributed by atoms with Crippen molar-refractivity contribution in [2.24, 2.45) is 0 Å². The summed E-state index contributed by atoms with van der Waals surface area (Å²) in [6.45, 7) is 0.594. The summed E-state index contributed by atoms with van der Waals surface area (Å²) >= 11 is 1.67. The maximum atomic E-state index is 8.92. The lowest BCUT2D eigenvalue weighted by molar-refractivity contribution is 0.318. The van der Waals surface area contributed by atoms with Crippen LogP contribution in [0.15, 0.2) is 47.9 Å². The zero-order valence-electron chi connectivity index (χ0n) is 10.3. The molecule has 0 saturated carbocycles. The third-order valence-corrected chi connectivity index (χ3v) is 3.39. The minimum Gasteiger partial charge on any atom is -0.492 e. The third kappa shape index (κ3) is 4.27. The van der Waals surface area contributed by atoms with Gasteiger partial charge >= 0.3 is 0 Å². The van der Waals surface area contributed by atoms with Gasteiger partial charge in [-0.3, -0.25) is 0 Å². The summed E-state index contributed by atoms with van der Waals surface area (Å²) in [6, 6.07) is 11.3. The summed E-state index contributed by atoms with van der Waals surface area (Å²) in [5.74, 6) is 1.57. The fourth-order valence-electron chi connectivity index (χ4n) is 1.47. The average molecular weight is 271 g/mol. The van der Waals surface area contributed by atoms with Gasteiger partial charge < -0.3 is 4.74 Å². The van der Waals surface area contributed by atoms with Crippen molar-refractivity contribution in [3.63, 3.8) is 0 Å². The fourth-order valence-corrected chi connectivity index (χ4v) is 2.22. The van der Waals surface area contributed by atoms with Gasteiger partial charge in [-0.15, -0.1) is 11.8 Å². The van der Waals surface area contributed by atoms with E-state index in [2.05, 4.69) is 16.0 Å². The predicted octanol–water partition coefficient (Wildman–Crippen LogP) is 2.91. The monoisotopic (exact) mass is 271 g/mol. The van der Waals surface area contributed by atoms with Crippen molar-refractivity contribution in [2.75, 3.05) is 12.4 Å². The quantitative estimate of drug-likeness (QED) is 0.459. The summed E-state index contributed by atoms with van der Waals surface area (Å²) in [5, 5.41) is 9.89. The van der Waals surface area contributed by atoms with Crippen molar-refractivity contribution >= 4 is 11.8 Å². The molecule has 19 heavy (non-hydrogen) atoms. The first-order valence-corrected chi connectivity index (χ1v) is 6.89. The van der Waals surface area contributed by atoms with E-state index in [1.165, 1.54) is 0 Å². The van der Waals surface area contributed by atoms with Gasteiger partial charge in [0.2, 0.25) is 0 Å². The van der Waals surface area contributed by atoms with Gasteiger partial charge in [0.15, 0.2) is 0 Å². The van der Waals surface area contributed by atoms with Crippen LogP contribution in [0, 0.1) is 11.3 Å². The minimum absolute atomic E-state index is 0.575. The predicted molar refractivity (Wildman–Crippen MR) is 74.0 cm³/mol. The zero-order valence-corrected chi connectivity index (χ0v) is 11.1. The standard InChI is InChI=1S/C14H13N3OS/c15-10-12-4-1-2-5-13(12)18-8-3-9-19-14-6-7-16-11-17-14/h1-2,4-7,11H,3,8-9H2. The van der Waals surface area contributed by atoms with E-state index in [0.717, 1.165) is 17.2 Å². The van der Waals surface area contributed by atoms with Gasteiger partial charge in [-0.1, -0.05) is 12.1 Å². The Hall–Kier alpha value is -2.06. The van der Waals surface area contributed by atoms with Crippen LogP contribution in [0.3, 0.4) is 0 Å². The largest absolute Gasteiger partial charge is 0.492 e. The van der Waals surface area contributed by atoms with Gasteiger partial charge in [0.05, 0.1) is 17.2 Å². The van der Waals surface area contributed by atoms with E-state index >= 15 is 0 Å². The van der Waals surface area contributed by atoms with E-state index in [1.54, 1.807) is 30.4 Å². The molecular formula is C14H13N3OS. The highest BCUT2D eigenvalue weighted by atomic mass is 32.2. The Morgan fingerprint density at radius 3 is 2.95 bits per heavy atom. The molecule has 2 aromatic rings. The first-order valence-electron chi connectivity index (χ1n) is 5.91. The Morgan fingerprint density at radius 2 is 2.16 bits per heavy atom. The lowest BCUT2D eigenvalue weighted by Crippen LogP contribution is -2.00. The van der Waals surface area contributed by atoms with Crippen LogP contribution in [0.4, 0.5) is 0 Å². The second-order valence-electron chi connectivity index (χ2n) is 3.71. The second-order valence-corrected chi connectivity index (χ2v) is 4.82. The third-order valence-electron chi connectivity index (χ3n) is 2.36. The van der Waals surface area contributed by atoms with Crippen LogP contribution < -0.4 is 4.74 Å². The van der Waals surface area contributed by atoms with Crippen molar-refractivity contribution in [1.82, 2.24) is 9.97 Å². The Balaban J connectivity index is 1.71. The van der Waals surface area contributed by atoms with Gasteiger partial charge in [0.1, 0.15) is 18.1 Å². The lowest BCUT2D eigenvalue weighted by Gasteiger charge is -2.07. The second kappa shape index (κ2) is 7.39. The van der Waals surface area contributed by atoms with Crippen LogP contribution in [0.25, 0.3) is 0 Å². The molecule has 2 rings (SSSR count). The minimum atomic E-state index is 0.575. The number of nitriles is 1. The zero-order chi connectivity index (χ0) is 13.3. The Kier molecular flexibility index (Phi) is 5.20. The highest BCUT2D eigenvalue weighted by Gasteiger charge is 2.01. The number of para-hydroxylation sites is 1. The van der Waals surface area contributed by atoms with Crippen molar-refractivity contribution < 1.29 is 4.74 Å². The molecule has 96 valence electrons. The van der Waals surface area contributed by atoms with Crippen molar-refractivity contribution in [3.8, 4) is 11.8 Å². The molecule has 1 heterocycles. The Morgan fingerprint density at radius 1 is 1.26 bits per heavy atom. The molecule has 0 N–H and O–H groups in total. The van der Waals surface area contributed by atoms with Crippen LogP contribution in [-0.4, -0.2) is 22.3 Å². The SMILES string of the molecule is N#Cc1ccccc1OCCCSc1ccncn1. The van der Waals surface area contributed by atoms with Gasteiger partial charge in [-0.05, 0) is 24.6 Å². The van der Waals surface area contributed by atoms with E-state index in [0.29, 0.717) is 17.9 Å². The molecule has 1 aromatic heterocycles. The normalized spacial score (nSPS) is 9.84. The summed E-state index contributed by atoms with van der Waals surface area (Å²) in [6.07, 6.45) is 4.17. The fraction of sp³-hybridized carbons (Fsp3) is 0.214. The van der Waals surface area contributed by atoms with E-state index in [9.17, 15) is 0 Å². The van der Waals surface area contributed by atoms with Gasteiger partial charge in [-0.25, -0.2) is 9.97 Å². The Bertz CT molecular complexity index is 554. The van der Waals surface area contributed by atoms with Gasteiger partial charge in [0, 0.05) is 11.9 Å². The van der Waals surface area contributed by atoms with Gasteiger partial charge in [0.25, 0.3) is 0 Å². The summed E-state index contributed by atoms with van der Waals surface area (Å²) in [7, 11) is 0. The first kappa shape index (κ1) is 13.4. The molecule has 0 aliphatic rings. The van der Waals surface area contributed by atoms with Crippen LogP contribution in [0.5, 0.6) is 5.75 Å². The summed E-state index contributed by atoms with van der Waals surface area (Å²) in [4.78, 5) is 8.00. The van der Waals surface area contributed by atoms with Crippen molar-refractivity contribution in [1.29, 1.82) is 5.26 Å². The topological polar surface area (TPSA) is 58.8 Å². The van der Waals surface area contributed by atoms with E-state index in [4.69, 9.17) is 10.00 Å². The Labute approximate surface area is 116 Å². The summed E-state index contributed by atoms with van der Waals surface area (Å²) < 4.78 is 5.60. The molecule has 0 unspecified atom stereocenters. The van der Waals surface area contributed by atoms with Gasteiger partial charge in [-0.2, -0.15) is 5.26 Å². The van der Waals surface area contributed by atoms with Crippen LogP contribution in [0.1, 0.15) is 12.0 Å². The maximum Gasteiger partial charge on any atom is 0.137 e. The van der Waals surface area contributed by atoms with Crippen LogP contribution >= 0.6 is 11.8 Å². The van der Waals surface area contributed by atoms with Crippen molar-refractivity contribution in [2.45, 2.75) is 11.4 Å². The smallest absolute Gasteiger partial charge is 0.137 e. The van der Waals surface area contributed by atoms with Crippen molar-refractivity contribution in [3.05, 3.63) is 48.4 Å². The van der Waals surface area contributed by atoms with E-state index in [-0.39, 0.29) is 0 Å². The molecule has 0 fully saturated rings. The number of ether oxygens (including phenoxy) is 1. The number of hydrogen-bond donors (Lipinski definition) is 0. The molecule has 0 atom stereocenters. The number of nitrogens with zero attached hydrogens (tertiary/aromatic N) is 3. The molecule has 4 nitrogen and oxygen atoms in total. The molecule has 5 heteroatoms. The number of aromatic nitrogens is 2. The highest BCUT2D eigenvalue weighted by molar-refractivity contribution is 7.99.